The van der Waals surface area contributed by atoms with Gasteiger partial charge in [-0.1, -0.05) is 13.8 Å². The van der Waals surface area contributed by atoms with Gasteiger partial charge in [0.25, 0.3) is 0 Å². The van der Waals surface area contributed by atoms with E-state index in [1.54, 1.807) is 0 Å². The number of aliphatic hydroxyl groups excluding tert-OH is 1. The molecule has 1 aliphatic rings. The number of aryl methyl sites for hydroxylation is 1. The quantitative estimate of drug-likeness (QED) is 0.488. The summed E-state index contributed by atoms with van der Waals surface area (Å²) in [5, 5.41) is 18.0. The van der Waals surface area contributed by atoms with Crippen LogP contribution in [0, 0.1) is 5.92 Å². The van der Waals surface area contributed by atoms with Gasteiger partial charge in [-0.3, -0.25) is 9.67 Å². The number of guanidine groups is 1. The number of aliphatic imine (C=N–C) groups is 1. The van der Waals surface area contributed by atoms with Crippen LogP contribution in [0.4, 0.5) is 0 Å². The Morgan fingerprint density at radius 2 is 2.23 bits per heavy atom. The summed E-state index contributed by atoms with van der Waals surface area (Å²) in [6, 6.07) is 0. The Morgan fingerprint density at radius 3 is 2.85 bits per heavy atom. The minimum absolute atomic E-state index is 0.335. The zero-order chi connectivity index (χ0) is 19.1. The lowest BCUT2D eigenvalue weighted by atomic mass is 10.1. The Morgan fingerprint density at radius 1 is 1.50 bits per heavy atom. The van der Waals surface area contributed by atoms with Crippen LogP contribution in [0.5, 0.6) is 0 Å². The molecule has 0 spiro atoms. The highest BCUT2D eigenvalue weighted by atomic mass is 16.5. The number of nitrogens with one attached hydrogen (secondary N) is 1. The van der Waals surface area contributed by atoms with Crippen molar-refractivity contribution in [1.29, 1.82) is 0 Å². The average molecular weight is 366 g/mol. The van der Waals surface area contributed by atoms with Crippen molar-refractivity contribution in [2.45, 2.75) is 52.2 Å². The molecule has 1 atom stereocenters. The van der Waals surface area contributed by atoms with Crippen LogP contribution in [-0.2, 0) is 18.3 Å². The molecule has 26 heavy (non-hydrogen) atoms. The standard InChI is InChI=1S/C19H35N5O2/c1-6-20-19(21-9-17(25)13-26-12-15-7-8-15)23(4)10-16-11-24(5)22-18(16)14(2)3/h11,14-15,17,25H,6-10,12-13H2,1-5H3,(H,20,21). The molecule has 1 aromatic rings. The number of hydrogen-bond donors (Lipinski definition) is 2. The van der Waals surface area contributed by atoms with Gasteiger partial charge in [0.1, 0.15) is 0 Å². The molecule has 7 heteroatoms. The molecule has 2 N–H and O–H groups in total. The summed E-state index contributed by atoms with van der Waals surface area (Å²) in [6.45, 7) is 9.31. The summed E-state index contributed by atoms with van der Waals surface area (Å²) in [5.41, 5.74) is 2.31. The normalized spacial score (nSPS) is 16.2. The minimum Gasteiger partial charge on any atom is -0.389 e. The molecule has 1 aromatic heterocycles. The first-order valence-electron chi connectivity index (χ1n) is 9.68. The van der Waals surface area contributed by atoms with Gasteiger partial charge in [0.2, 0.25) is 0 Å². The van der Waals surface area contributed by atoms with E-state index in [1.165, 1.54) is 18.4 Å². The SMILES string of the molecule is CCNC(=NCC(O)COCC1CC1)N(C)Cc1cn(C)nc1C(C)C. The minimum atomic E-state index is -0.569. The first kappa shape index (κ1) is 20.7. The van der Waals surface area contributed by atoms with Gasteiger partial charge in [-0.15, -0.1) is 0 Å². The van der Waals surface area contributed by atoms with Crippen molar-refractivity contribution in [3.63, 3.8) is 0 Å². The summed E-state index contributed by atoms with van der Waals surface area (Å²) in [5.74, 6) is 1.88. The van der Waals surface area contributed by atoms with Crippen molar-refractivity contribution in [2.24, 2.45) is 18.0 Å². The van der Waals surface area contributed by atoms with E-state index >= 15 is 0 Å². The van der Waals surface area contributed by atoms with E-state index in [2.05, 4.69) is 40.4 Å². The number of nitrogens with zero attached hydrogens (tertiary/aromatic N) is 4. The third-order valence-electron chi connectivity index (χ3n) is 4.40. The summed E-state index contributed by atoms with van der Waals surface area (Å²) in [6.07, 6.45) is 4.02. The highest BCUT2D eigenvalue weighted by Crippen LogP contribution is 2.28. The monoisotopic (exact) mass is 365 g/mol. The molecule has 1 heterocycles. The molecule has 0 bridgehead atoms. The van der Waals surface area contributed by atoms with Crippen LogP contribution in [0.15, 0.2) is 11.2 Å². The van der Waals surface area contributed by atoms with E-state index in [1.807, 2.05) is 25.7 Å². The molecule has 1 unspecified atom stereocenters. The van der Waals surface area contributed by atoms with Crippen LogP contribution in [0.3, 0.4) is 0 Å². The second-order valence-electron chi connectivity index (χ2n) is 7.55. The smallest absolute Gasteiger partial charge is 0.194 e. The maximum atomic E-state index is 10.1. The highest BCUT2D eigenvalue weighted by molar-refractivity contribution is 5.79. The highest BCUT2D eigenvalue weighted by Gasteiger charge is 2.21. The Hall–Kier alpha value is -1.60. The first-order chi connectivity index (χ1) is 12.4. The lowest BCUT2D eigenvalue weighted by molar-refractivity contribution is 0.0367. The predicted octanol–water partition coefficient (Wildman–Crippen LogP) is 1.73. The first-order valence-corrected chi connectivity index (χ1v) is 9.68. The van der Waals surface area contributed by atoms with Crippen LogP contribution in [0.1, 0.15) is 50.8 Å². The third-order valence-corrected chi connectivity index (χ3v) is 4.40. The Bertz CT molecular complexity index is 580. The van der Waals surface area contributed by atoms with Gasteiger partial charge in [0.15, 0.2) is 5.96 Å². The van der Waals surface area contributed by atoms with E-state index < -0.39 is 6.10 Å². The topological polar surface area (TPSA) is 74.9 Å². The summed E-state index contributed by atoms with van der Waals surface area (Å²) < 4.78 is 7.41. The van der Waals surface area contributed by atoms with E-state index in [0.29, 0.717) is 25.0 Å². The van der Waals surface area contributed by atoms with Gasteiger partial charge in [0, 0.05) is 45.6 Å². The maximum absolute atomic E-state index is 10.1. The molecule has 0 aliphatic heterocycles. The van der Waals surface area contributed by atoms with E-state index in [-0.39, 0.29) is 0 Å². The van der Waals surface area contributed by atoms with Gasteiger partial charge in [-0.2, -0.15) is 5.10 Å². The predicted molar refractivity (Wildman–Crippen MR) is 104 cm³/mol. The van der Waals surface area contributed by atoms with Crippen molar-refractivity contribution in [2.75, 3.05) is 33.4 Å². The molecular formula is C19H35N5O2. The largest absolute Gasteiger partial charge is 0.389 e. The van der Waals surface area contributed by atoms with Crippen LogP contribution in [-0.4, -0.2) is 65.2 Å². The zero-order valence-electron chi connectivity index (χ0n) is 16.9. The molecule has 148 valence electrons. The molecule has 1 fully saturated rings. The van der Waals surface area contributed by atoms with Crippen molar-refractivity contribution in [1.82, 2.24) is 20.0 Å². The molecule has 2 rings (SSSR count). The van der Waals surface area contributed by atoms with Crippen molar-refractivity contribution < 1.29 is 9.84 Å². The van der Waals surface area contributed by atoms with Crippen LogP contribution in [0.25, 0.3) is 0 Å². The van der Waals surface area contributed by atoms with E-state index in [9.17, 15) is 5.11 Å². The fourth-order valence-electron chi connectivity index (χ4n) is 2.86. The lowest BCUT2D eigenvalue weighted by Crippen LogP contribution is -2.39. The Labute approximate surface area is 157 Å². The fraction of sp³-hybridized carbons (Fsp3) is 0.789. The van der Waals surface area contributed by atoms with Crippen molar-refractivity contribution in [3.05, 3.63) is 17.5 Å². The van der Waals surface area contributed by atoms with Gasteiger partial charge < -0.3 is 20.1 Å². The summed E-state index contributed by atoms with van der Waals surface area (Å²) >= 11 is 0. The number of aliphatic hydroxyl groups is 1. The van der Waals surface area contributed by atoms with E-state index in [4.69, 9.17) is 4.74 Å². The fourth-order valence-corrected chi connectivity index (χ4v) is 2.86. The molecule has 7 nitrogen and oxygen atoms in total. The van der Waals surface area contributed by atoms with Gasteiger partial charge in [0.05, 0.1) is 24.9 Å². The number of aromatic nitrogens is 2. The van der Waals surface area contributed by atoms with Crippen LogP contribution >= 0.6 is 0 Å². The average Bonchev–Trinajstić information content (AvgIpc) is 3.32. The summed E-state index contributed by atoms with van der Waals surface area (Å²) in [4.78, 5) is 6.65. The lowest BCUT2D eigenvalue weighted by Gasteiger charge is -2.23. The molecule has 0 amide bonds. The maximum Gasteiger partial charge on any atom is 0.194 e. The molecular weight excluding hydrogens is 330 g/mol. The second-order valence-corrected chi connectivity index (χ2v) is 7.55. The molecule has 0 saturated heterocycles. The molecule has 0 radical (unpaired) electrons. The third kappa shape index (κ3) is 6.61. The van der Waals surface area contributed by atoms with Crippen molar-refractivity contribution >= 4 is 5.96 Å². The summed E-state index contributed by atoms with van der Waals surface area (Å²) in [7, 11) is 3.96. The van der Waals surface area contributed by atoms with Crippen molar-refractivity contribution in [3.8, 4) is 0 Å². The zero-order valence-corrected chi connectivity index (χ0v) is 16.9. The van der Waals surface area contributed by atoms with Gasteiger partial charge in [-0.05, 0) is 31.6 Å². The number of rotatable bonds is 10. The van der Waals surface area contributed by atoms with Crippen LogP contribution in [0.2, 0.25) is 0 Å². The Balaban J connectivity index is 1.91. The second kappa shape index (κ2) is 9.92. The van der Waals surface area contributed by atoms with Crippen LogP contribution < -0.4 is 5.32 Å². The molecule has 1 saturated carbocycles. The van der Waals surface area contributed by atoms with Gasteiger partial charge in [-0.25, -0.2) is 0 Å². The van der Waals surface area contributed by atoms with Gasteiger partial charge >= 0.3 is 0 Å². The molecule has 1 aliphatic carbocycles. The number of ether oxygens (including phenoxy) is 1. The number of hydrogen-bond acceptors (Lipinski definition) is 4. The molecule has 0 aromatic carbocycles. The van der Waals surface area contributed by atoms with E-state index in [0.717, 1.165) is 31.3 Å². The Kier molecular flexibility index (Phi) is 7.90.